The Kier molecular flexibility index (Phi) is 7.24. The van der Waals surface area contributed by atoms with E-state index < -0.39 is 0 Å². The summed E-state index contributed by atoms with van der Waals surface area (Å²) in [4.78, 5) is 3.03. The van der Waals surface area contributed by atoms with Gasteiger partial charge in [0, 0.05) is 24.6 Å². The lowest BCUT2D eigenvalue weighted by atomic mass is 9.60. The molecule has 2 saturated carbocycles. The summed E-state index contributed by atoms with van der Waals surface area (Å²) in [5.74, 6) is 1.89. The lowest BCUT2D eigenvalue weighted by molar-refractivity contribution is 0.127. The molecule has 2 heterocycles. The first kappa shape index (κ1) is 23.1. The van der Waals surface area contributed by atoms with Crippen LogP contribution in [0.4, 0.5) is 0 Å². The average Bonchev–Trinajstić information content (AvgIpc) is 3.45. The summed E-state index contributed by atoms with van der Waals surface area (Å²) >= 11 is 4.03. The quantitative estimate of drug-likeness (QED) is 0.312. The summed E-state index contributed by atoms with van der Waals surface area (Å²) in [7, 11) is 0. The second-order valence-electron chi connectivity index (χ2n) is 10.6. The third-order valence-corrected chi connectivity index (χ3v) is 11.1. The Morgan fingerprint density at radius 2 is 1.64 bits per heavy atom. The predicted molar refractivity (Wildman–Crippen MR) is 144 cm³/mol. The van der Waals surface area contributed by atoms with Crippen molar-refractivity contribution in [1.82, 2.24) is 0 Å². The van der Waals surface area contributed by atoms with E-state index in [1.54, 1.807) is 4.88 Å². The van der Waals surface area contributed by atoms with E-state index in [0.717, 1.165) is 17.4 Å². The monoisotopic (exact) mass is 475 g/mol. The van der Waals surface area contributed by atoms with Crippen LogP contribution < -0.4 is 0 Å². The topological polar surface area (TPSA) is 23.8 Å². The van der Waals surface area contributed by atoms with Crippen LogP contribution in [0.25, 0.3) is 19.8 Å². The fourth-order valence-corrected chi connectivity index (χ4v) is 9.38. The summed E-state index contributed by atoms with van der Waals surface area (Å²) in [6.07, 6.45) is 18.6. The van der Waals surface area contributed by atoms with Gasteiger partial charge < -0.3 is 0 Å². The van der Waals surface area contributed by atoms with Crippen LogP contribution in [0.2, 0.25) is 0 Å². The molecule has 5 rings (SSSR count). The SMILES string of the molecule is CCCCCC1CCC(C2(c3cc4sc(-c5ccc(C#N)cc5)cc4s3)CCCCC2)CC1. The molecule has 0 unspecified atom stereocenters. The Bertz CT molecular complexity index is 1050. The molecule has 2 aromatic heterocycles. The summed E-state index contributed by atoms with van der Waals surface area (Å²) in [6, 6.07) is 15.3. The fourth-order valence-electron chi connectivity index (χ4n) is 6.66. The maximum atomic E-state index is 9.08. The Hall–Kier alpha value is -1.63. The van der Waals surface area contributed by atoms with E-state index in [0.29, 0.717) is 5.41 Å². The van der Waals surface area contributed by atoms with Crippen LogP contribution >= 0.6 is 22.7 Å². The number of fused-ring (bicyclic) bond motifs is 1. The molecular weight excluding hydrogens is 438 g/mol. The van der Waals surface area contributed by atoms with Crippen molar-refractivity contribution in [2.75, 3.05) is 0 Å². The lowest BCUT2D eigenvalue weighted by Gasteiger charge is -2.46. The summed E-state index contributed by atoms with van der Waals surface area (Å²) < 4.78 is 2.93. The standard InChI is InChI=1S/C30H37NS2/c1-2-3-5-8-22-11-15-25(16-12-22)30(17-6-4-7-18-30)29-20-28-27(33-29)19-26(32-28)24-13-9-23(21-31)10-14-24/h9-10,13-14,19-20,22,25H,2-8,11-12,15-18H2,1H3. The number of hydrogen-bond donors (Lipinski definition) is 0. The number of hydrogen-bond acceptors (Lipinski definition) is 3. The first-order chi connectivity index (χ1) is 16.2. The maximum Gasteiger partial charge on any atom is 0.0991 e. The molecule has 3 heteroatoms. The zero-order valence-corrected chi connectivity index (χ0v) is 21.7. The van der Waals surface area contributed by atoms with Crippen molar-refractivity contribution in [2.45, 2.75) is 95.8 Å². The molecule has 174 valence electrons. The van der Waals surface area contributed by atoms with Gasteiger partial charge in [-0.15, -0.1) is 22.7 Å². The molecule has 1 nitrogen and oxygen atoms in total. The Labute approximate surface area is 207 Å². The van der Waals surface area contributed by atoms with Gasteiger partial charge in [0.25, 0.3) is 0 Å². The number of thiophene rings is 2. The zero-order chi connectivity index (χ0) is 22.7. The van der Waals surface area contributed by atoms with Gasteiger partial charge in [0.05, 0.1) is 11.6 Å². The molecule has 0 spiro atoms. The highest BCUT2D eigenvalue weighted by atomic mass is 32.1. The van der Waals surface area contributed by atoms with E-state index in [4.69, 9.17) is 5.26 Å². The molecule has 0 radical (unpaired) electrons. The van der Waals surface area contributed by atoms with E-state index in [9.17, 15) is 0 Å². The smallest absolute Gasteiger partial charge is 0.0991 e. The third kappa shape index (κ3) is 4.80. The zero-order valence-electron chi connectivity index (χ0n) is 20.1. The van der Waals surface area contributed by atoms with Gasteiger partial charge in [0.15, 0.2) is 0 Å². The molecule has 0 N–H and O–H groups in total. The fraction of sp³-hybridized carbons (Fsp3) is 0.567. The van der Waals surface area contributed by atoms with Crippen LogP contribution in [0, 0.1) is 23.2 Å². The number of nitriles is 1. The van der Waals surface area contributed by atoms with Gasteiger partial charge >= 0.3 is 0 Å². The van der Waals surface area contributed by atoms with Crippen LogP contribution in [0.1, 0.15) is 101 Å². The van der Waals surface area contributed by atoms with E-state index in [2.05, 4.69) is 48.6 Å². The van der Waals surface area contributed by atoms with Gasteiger partial charge in [-0.1, -0.05) is 76.8 Å². The van der Waals surface area contributed by atoms with Gasteiger partial charge in [-0.05, 0) is 67.3 Å². The summed E-state index contributed by atoms with van der Waals surface area (Å²) in [5.41, 5.74) is 2.42. The molecule has 0 bridgehead atoms. The maximum absolute atomic E-state index is 9.08. The number of rotatable bonds is 7. The minimum atomic E-state index is 0.449. The highest BCUT2D eigenvalue weighted by Gasteiger charge is 2.43. The first-order valence-electron chi connectivity index (χ1n) is 13.3. The molecular formula is C30H37NS2. The van der Waals surface area contributed by atoms with Crippen molar-refractivity contribution in [1.29, 1.82) is 5.26 Å². The van der Waals surface area contributed by atoms with Crippen molar-refractivity contribution < 1.29 is 0 Å². The third-order valence-electron chi connectivity index (χ3n) is 8.59. The van der Waals surface area contributed by atoms with Crippen LogP contribution in [0.5, 0.6) is 0 Å². The van der Waals surface area contributed by atoms with Crippen LogP contribution in [-0.2, 0) is 5.41 Å². The second-order valence-corrected chi connectivity index (χ2v) is 12.7. The minimum absolute atomic E-state index is 0.449. The van der Waals surface area contributed by atoms with Crippen LogP contribution in [0.15, 0.2) is 36.4 Å². The molecule has 33 heavy (non-hydrogen) atoms. The van der Waals surface area contributed by atoms with Crippen LogP contribution in [0.3, 0.4) is 0 Å². The lowest BCUT2D eigenvalue weighted by Crippen LogP contribution is -2.38. The van der Waals surface area contributed by atoms with Gasteiger partial charge in [0.2, 0.25) is 0 Å². The van der Waals surface area contributed by atoms with Crippen molar-refractivity contribution in [3.8, 4) is 16.5 Å². The number of unbranched alkanes of at least 4 members (excludes halogenated alkanes) is 2. The molecule has 0 amide bonds. The Morgan fingerprint density at radius 3 is 2.30 bits per heavy atom. The summed E-state index contributed by atoms with van der Waals surface area (Å²) in [6.45, 7) is 2.32. The van der Waals surface area contributed by atoms with Gasteiger partial charge in [-0.2, -0.15) is 5.26 Å². The van der Waals surface area contributed by atoms with E-state index in [-0.39, 0.29) is 0 Å². The molecule has 2 fully saturated rings. The molecule has 0 aliphatic heterocycles. The number of nitrogens with zero attached hydrogens (tertiary/aromatic N) is 1. The van der Waals surface area contributed by atoms with E-state index in [1.165, 1.54) is 103 Å². The average molecular weight is 476 g/mol. The molecule has 3 aromatic rings. The van der Waals surface area contributed by atoms with Gasteiger partial charge in [0.1, 0.15) is 0 Å². The second kappa shape index (κ2) is 10.3. The molecule has 1 aromatic carbocycles. The Balaban J connectivity index is 1.36. The minimum Gasteiger partial charge on any atom is -0.192 e. The van der Waals surface area contributed by atoms with Gasteiger partial charge in [-0.3, -0.25) is 0 Å². The molecule has 0 saturated heterocycles. The first-order valence-corrected chi connectivity index (χ1v) is 14.9. The highest BCUT2D eigenvalue weighted by molar-refractivity contribution is 7.29. The van der Waals surface area contributed by atoms with Crippen molar-refractivity contribution in [3.05, 3.63) is 46.8 Å². The van der Waals surface area contributed by atoms with E-state index >= 15 is 0 Å². The molecule has 2 aliphatic carbocycles. The largest absolute Gasteiger partial charge is 0.192 e. The highest BCUT2D eigenvalue weighted by Crippen LogP contribution is 2.54. The predicted octanol–water partition coefficient (Wildman–Crippen LogP) is 10.1. The molecule has 0 atom stereocenters. The van der Waals surface area contributed by atoms with E-state index in [1.807, 2.05) is 23.5 Å². The van der Waals surface area contributed by atoms with Crippen LogP contribution in [-0.4, -0.2) is 0 Å². The summed E-state index contributed by atoms with van der Waals surface area (Å²) in [5, 5.41) is 9.08. The van der Waals surface area contributed by atoms with Crippen molar-refractivity contribution in [2.24, 2.45) is 11.8 Å². The Morgan fingerprint density at radius 1 is 0.909 bits per heavy atom. The normalized spacial score (nSPS) is 22.9. The molecule has 2 aliphatic rings. The van der Waals surface area contributed by atoms with Gasteiger partial charge in [-0.25, -0.2) is 0 Å². The van der Waals surface area contributed by atoms with Crippen molar-refractivity contribution >= 4 is 32.1 Å². The van der Waals surface area contributed by atoms with Crippen molar-refractivity contribution in [3.63, 3.8) is 0 Å². The number of benzene rings is 1.